The minimum absolute atomic E-state index is 0. The number of nitrogens with zero attached hydrogens (tertiary/aromatic N) is 1. The van der Waals surface area contributed by atoms with Crippen LogP contribution < -0.4 is 15.8 Å². The lowest BCUT2D eigenvalue weighted by atomic mass is 10.0. The molecule has 2 rings (SSSR count). The van der Waals surface area contributed by atoms with Gasteiger partial charge in [-0.3, -0.25) is 4.99 Å². The highest BCUT2D eigenvalue weighted by atomic mass is 127. The maximum absolute atomic E-state index is 12.1. The molecule has 0 bridgehead atoms. The van der Waals surface area contributed by atoms with Crippen molar-refractivity contribution >= 4 is 45.5 Å². The molecule has 0 amide bonds. The van der Waals surface area contributed by atoms with Gasteiger partial charge in [0, 0.05) is 12.2 Å². The van der Waals surface area contributed by atoms with E-state index in [-0.39, 0.29) is 53.1 Å². The van der Waals surface area contributed by atoms with Gasteiger partial charge >= 0.3 is 6.36 Å². The minimum atomic E-state index is -4.73. The van der Waals surface area contributed by atoms with E-state index >= 15 is 0 Å². The summed E-state index contributed by atoms with van der Waals surface area (Å²) >= 11 is 0. The second-order valence-corrected chi connectivity index (χ2v) is 7.82. The zero-order valence-electron chi connectivity index (χ0n) is 13.1. The molecule has 0 unspecified atom stereocenters. The van der Waals surface area contributed by atoms with E-state index in [1.165, 1.54) is 12.1 Å². The molecular weight excluding hydrogens is 474 g/mol. The molecule has 25 heavy (non-hydrogen) atoms. The Hall–Kier alpha value is -1.24. The Bertz CT molecular complexity index is 680. The predicted octanol–water partition coefficient (Wildman–Crippen LogP) is 2.75. The molecule has 1 aliphatic heterocycles. The molecule has 0 saturated carbocycles. The van der Waals surface area contributed by atoms with E-state index in [2.05, 4.69) is 15.0 Å². The molecule has 11 heteroatoms. The van der Waals surface area contributed by atoms with Crippen molar-refractivity contribution in [3.8, 4) is 5.75 Å². The first-order valence-corrected chi connectivity index (χ1v) is 9.08. The second kappa shape index (κ2) is 8.92. The standard InChI is InChI=1S/C14H18F3N3O3S.HI/c15-14(16,17)23-12-3-1-11(2-4-12)20-13(18)19-9-10-5-7-24(21,22)8-6-10;/h1-4,10H,5-9H2,(H3,18,19,20);1H. The summed E-state index contributed by atoms with van der Waals surface area (Å²) in [5.41, 5.74) is 6.19. The van der Waals surface area contributed by atoms with Crippen LogP contribution in [-0.2, 0) is 9.84 Å². The van der Waals surface area contributed by atoms with Crippen molar-refractivity contribution in [1.29, 1.82) is 0 Å². The average molecular weight is 493 g/mol. The summed E-state index contributed by atoms with van der Waals surface area (Å²) in [5, 5.41) is 2.76. The molecule has 0 atom stereocenters. The van der Waals surface area contributed by atoms with Crippen LogP contribution in [0.1, 0.15) is 12.8 Å². The van der Waals surface area contributed by atoms with Gasteiger partial charge in [-0.05, 0) is 43.0 Å². The summed E-state index contributed by atoms with van der Waals surface area (Å²) in [6.07, 6.45) is -3.62. The zero-order valence-corrected chi connectivity index (χ0v) is 16.3. The maximum Gasteiger partial charge on any atom is 0.573 e. The van der Waals surface area contributed by atoms with Crippen LogP contribution in [0.3, 0.4) is 0 Å². The van der Waals surface area contributed by atoms with Crippen LogP contribution >= 0.6 is 24.0 Å². The molecule has 1 fully saturated rings. The number of alkyl halides is 3. The first-order chi connectivity index (χ1) is 11.1. The van der Waals surface area contributed by atoms with Gasteiger partial charge in [-0.1, -0.05) is 0 Å². The molecule has 1 aromatic rings. The molecule has 1 aromatic carbocycles. The largest absolute Gasteiger partial charge is 0.573 e. The number of ether oxygens (including phenoxy) is 1. The molecule has 0 radical (unpaired) electrons. The quantitative estimate of drug-likeness (QED) is 0.383. The van der Waals surface area contributed by atoms with Gasteiger partial charge in [-0.15, -0.1) is 37.1 Å². The first-order valence-electron chi connectivity index (χ1n) is 7.26. The molecule has 6 nitrogen and oxygen atoms in total. The van der Waals surface area contributed by atoms with E-state index < -0.39 is 16.2 Å². The van der Waals surface area contributed by atoms with E-state index in [1.807, 2.05) is 0 Å². The lowest BCUT2D eigenvalue weighted by Gasteiger charge is -2.20. The number of rotatable bonds is 4. The predicted molar refractivity (Wildman–Crippen MR) is 100 cm³/mol. The van der Waals surface area contributed by atoms with E-state index in [0.717, 1.165) is 12.1 Å². The zero-order chi connectivity index (χ0) is 17.8. The van der Waals surface area contributed by atoms with E-state index in [9.17, 15) is 21.6 Å². The van der Waals surface area contributed by atoms with Crippen molar-refractivity contribution < 1.29 is 26.3 Å². The number of sulfone groups is 1. The van der Waals surface area contributed by atoms with Crippen molar-refractivity contribution in [2.75, 3.05) is 23.4 Å². The van der Waals surface area contributed by atoms with Crippen LogP contribution in [0, 0.1) is 5.92 Å². The molecule has 3 N–H and O–H groups in total. The van der Waals surface area contributed by atoms with Crippen molar-refractivity contribution in [3.05, 3.63) is 24.3 Å². The van der Waals surface area contributed by atoms with Gasteiger partial charge < -0.3 is 15.8 Å². The Morgan fingerprint density at radius 3 is 2.32 bits per heavy atom. The fourth-order valence-corrected chi connectivity index (χ4v) is 3.87. The number of anilines is 1. The number of halogens is 4. The molecule has 1 aliphatic rings. The van der Waals surface area contributed by atoms with Crippen LogP contribution in [-0.4, -0.2) is 38.8 Å². The SMILES string of the molecule is I.NC(=NCC1CCS(=O)(=O)CC1)Nc1ccc(OC(F)(F)F)cc1. The molecule has 0 aromatic heterocycles. The van der Waals surface area contributed by atoms with Crippen LogP contribution in [0.4, 0.5) is 18.9 Å². The van der Waals surface area contributed by atoms with Gasteiger partial charge in [-0.2, -0.15) is 0 Å². The van der Waals surface area contributed by atoms with Gasteiger partial charge in [0.15, 0.2) is 5.96 Å². The summed E-state index contributed by atoms with van der Waals surface area (Å²) in [6.45, 7) is 0.406. The highest BCUT2D eigenvalue weighted by molar-refractivity contribution is 14.0. The smallest absolute Gasteiger partial charge is 0.406 e. The molecule has 0 spiro atoms. The van der Waals surface area contributed by atoms with Crippen LogP contribution in [0.25, 0.3) is 0 Å². The Kier molecular flexibility index (Phi) is 7.78. The third-order valence-electron chi connectivity index (χ3n) is 3.55. The normalized spacial score (nSPS) is 18.3. The van der Waals surface area contributed by atoms with Crippen molar-refractivity contribution in [2.45, 2.75) is 19.2 Å². The molecule has 1 heterocycles. The van der Waals surface area contributed by atoms with E-state index in [0.29, 0.717) is 25.1 Å². The Morgan fingerprint density at radius 2 is 1.80 bits per heavy atom. The highest BCUT2D eigenvalue weighted by Crippen LogP contribution is 2.24. The fraction of sp³-hybridized carbons (Fsp3) is 0.500. The summed E-state index contributed by atoms with van der Waals surface area (Å²) in [7, 11) is -2.91. The molecule has 1 saturated heterocycles. The average Bonchev–Trinajstić information content (AvgIpc) is 2.47. The van der Waals surface area contributed by atoms with Crippen LogP contribution in [0.5, 0.6) is 5.75 Å². The summed E-state index contributed by atoms with van der Waals surface area (Å²) < 4.78 is 62.6. The third kappa shape index (κ3) is 8.12. The Labute approximate surface area is 161 Å². The lowest BCUT2D eigenvalue weighted by molar-refractivity contribution is -0.274. The number of nitrogens with two attached hydrogens (primary N) is 1. The lowest BCUT2D eigenvalue weighted by Crippen LogP contribution is -2.27. The monoisotopic (exact) mass is 493 g/mol. The van der Waals surface area contributed by atoms with Crippen LogP contribution in [0.15, 0.2) is 29.3 Å². The number of hydrogen-bond acceptors (Lipinski definition) is 4. The van der Waals surface area contributed by atoms with Gasteiger partial charge in [-0.25, -0.2) is 8.42 Å². The van der Waals surface area contributed by atoms with Crippen molar-refractivity contribution in [1.82, 2.24) is 0 Å². The third-order valence-corrected chi connectivity index (χ3v) is 5.27. The van der Waals surface area contributed by atoms with E-state index in [1.54, 1.807) is 0 Å². The number of aliphatic imine (C=N–C) groups is 1. The number of benzene rings is 1. The second-order valence-electron chi connectivity index (χ2n) is 5.52. The number of hydrogen-bond donors (Lipinski definition) is 2. The minimum Gasteiger partial charge on any atom is -0.406 e. The van der Waals surface area contributed by atoms with Crippen molar-refractivity contribution in [2.24, 2.45) is 16.6 Å². The number of nitrogens with one attached hydrogen (secondary N) is 1. The van der Waals surface area contributed by atoms with Crippen molar-refractivity contribution in [3.63, 3.8) is 0 Å². The van der Waals surface area contributed by atoms with Gasteiger partial charge in [0.05, 0.1) is 11.5 Å². The Morgan fingerprint density at radius 1 is 1.24 bits per heavy atom. The fourth-order valence-electron chi connectivity index (χ4n) is 2.28. The summed E-state index contributed by atoms with van der Waals surface area (Å²) in [5.74, 6) is 0.291. The van der Waals surface area contributed by atoms with Gasteiger partial charge in [0.2, 0.25) is 0 Å². The highest BCUT2D eigenvalue weighted by Gasteiger charge is 2.31. The molecular formula is C14H19F3IN3O3S. The maximum atomic E-state index is 12.1. The topological polar surface area (TPSA) is 93.8 Å². The Balaban J connectivity index is 0.00000312. The summed E-state index contributed by atoms with van der Waals surface area (Å²) in [4.78, 5) is 4.15. The first kappa shape index (κ1) is 21.8. The summed E-state index contributed by atoms with van der Waals surface area (Å²) in [6, 6.07) is 5.09. The van der Waals surface area contributed by atoms with E-state index in [4.69, 9.17) is 5.73 Å². The number of guanidine groups is 1. The van der Waals surface area contributed by atoms with Gasteiger partial charge in [0.1, 0.15) is 15.6 Å². The molecule has 0 aliphatic carbocycles. The molecule has 142 valence electrons. The van der Waals surface area contributed by atoms with Gasteiger partial charge in [0.25, 0.3) is 0 Å². The van der Waals surface area contributed by atoms with Crippen LogP contribution in [0.2, 0.25) is 0 Å².